The average molecular weight is 411 g/mol. The molecule has 0 saturated carbocycles. The summed E-state index contributed by atoms with van der Waals surface area (Å²) in [6.07, 6.45) is 3.85. The van der Waals surface area contributed by atoms with E-state index < -0.39 is 12.1 Å². The molecular formula is C19H20F3N3O4. The zero-order chi connectivity index (χ0) is 21.0. The fourth-order valence-electron chi connectivity index (χ4n) is 3.80. The van der Waals surface area contributed by atoms with Crippen LogP contribution in [-0.2, 0) is 11.3 Å². The van der Waals surface area contributed by atoms with Crippen molar-refractivity contribution in [3.05, 3.63) is 54.2 Å². The molecule has 1 N–H and O–H groups in total. The van der Waals surface area contributed by atoms with E-state index in [1.165, 1.54) is 11.8 Å². The standard InChI is InChI=1S/C17H19N3O2.C2HF3O2/c21-17(14-5-9-22-12-14)20-8-4-15-16(20)3-7-19(15)11-13-2-1-6-18-10-13;3-2(4,5)1(6)7/h1-2,5-6,9-10,12,15-16H,3-4,7-8,11H2;(H,6,7)/t15-,16+;/m0./s1. The van der Waals surface area contributed by atoms with Crippen molar-refractivity contribution in [1.29, 1.82) is 0 Å². The van der Waals surface area contributed by atoms with Crippen LogP contribution < -0.4 is 0 Å². The number of hydrogen-bond acceptors (Lipinski definition) is 5. The van der Waals surface area contributed by atoms with E-state index in [1.54, 1.807) is 18.5 Å². The van der Waals surface area contributed by atoms with Crippen LogP contribution in [0.1, 0.15) is 28.8 Å². The number of fused-ring (bicyclic) bond motifs is 1. The fourth-order valence-corrected chi connectivity index (χ4v) is 3.80. The summed E-state index contributed by atoms with van der Waals surface area (Å²) in [7, 11) is 0. The molecule has 2 atom stereocenters. The number of amides is 1. The number of halogens is 3. The number of nitrogens with zero attached hydrogens (tertiary/aromatic N) is 3. The number of aliphatic carboxylic acids is 1. The summed E-state index contributed by atoms with van der Waals surface area (Å²) < 4.78 is 36.8. The highest BCUT2D eigenvalue weighted by Gasteiger charge is 2.44. The molecule has 2 aliphatic heterocycles. The first-order valence-electron chi connectivity index (χ1n) is 9.03. The van der Waals surface area contributed by atoms with Crippen molar-refractivity contribution >= 4 is 11.9 Å². The van der Waals surface area contributed by atoms with Crippen LogP contribution in [0.2, 0.25) is 0 Å². The van der Waals surface area contributed by atoms with E-state index in [9.17, 15) is 18.0 Å². The van der Waals surface area contributed by atoms with Crippen LogP contribution >= 0.6 is 0 Å². The molecule has 156 valence electrons. The molecule has 2 fully saturated rings. The van der Waals surface area contributed by atoms with Crippen molar-refractivity contribution in [2.24, 2.45) is 0 Å². The van der Waals surface area contributed by atoms with Crippen molar-refractivity contribution in [2.45, 2.75) is 37.6 Å². The van der Waals surface area contributed by atoms with Crippen LogP contribution in [0.3, 0.4) is 0 Å². The second-order valence-electron chi connectivity index (χ2n) is 6.86. The van der Waals surface area contributed by atoms with Crippen LogP contribution in [0.5, 0.6) is 0 Å². The van der Waals surface area contributed by atoms with E-state index in [0.29, 0.717) is 17.6 Å². The van der Waals surface area contributed by atoms with E-state index in [2.05, 4.69) is 16.0 Å². The number of furan rings is 1. The highest BCUT2D eigenvalue weighted by molar-refractivity contribution is 5.94. The van der Waals surface area contributed by atoms with E-state index in [4.69, 9.17) is 14.3 Å². The first kappa shape index (κ1) is 20.8. The zero-order valence-electron chi connectivity index (χ0n) is 15.4. The van der Waals surface area contributed by atoms with Gasteiger partial charge < -0.3 is 14.4 Å². The lowest BCUT2D eigenvalue weighted by molar-refractivity contribution is -0.192. The van der Waals surface area contributed by atoms with E-state index >= 15 is 0 Å². The molecule has 2 aromatic heterocycles. The minimum atomic E-state index is -5.08. The van der Waals surface area contributed by atoms with Crippen molar-refractivity contribution in [2.75, 3.05) is 13.1 Å². The Balaban J connectivity index is 0.000000298. The molecule has 4 rings (SSSR count). The SMILES string of the molecule is O=C(O)C(F)(F)F.O=C(c1ccoc1)N1CC[C@H]2[C@H]1CCN2Cc1cccnc1. The number of pyridine rings is 1. The van der Waals surface area contributed by atoms with Gasteiger partial charge in [-0.1, -0.05) is 6.07 Å². The number of carboxylic acid groups (broad SMARTS) is 1. The Hall–Kier alpha value is -2.88. The van der Waals surface area contributed by atoms with Gasteiger partial charge in [0.05, 0.1) is 11.8 Å². The second kappa shape index (κ2) is 8.64. The maximum atomic E-state index is 12.6. The Kier molecular flexibility index (Phi) is 6.21. The molecule has 2 aromatic rings. The number of carbonyl (C=O) groups is 2. The van der Waals surface area contributed by atoms with Gasteiger partial charge in [-0.05, 0) is 30.5 Å². The summed E-state index contributed by atoms with van der Waals surface area (Å²) in [4.78, 5) is 30.2. The lowest BCUT2D eigenvalue weighted by Gasteiger charge is -2.25. The predicted molar refractivity (Wildman–Crippen MR) is 94.9 cm³/mol. The van der Waals surface area contributed by atoms with Crippen LogP contribution in [0, 0.1) is 0 Å². The molecule has 0 aliphatic carbocycles. The summed E-state index contributed by atoms with van der Waals surface area (Å²) in [6.45, 7) is 2.80. The number of aromatic nitrogens is 1. The van der Waals surface area contributed by atoms with E-state index in [1.807, 2.05) is 17.2 Å². The van der Waals surface area contributed by atoms with Crippen molar-refractivity contribution in [3.63, 3.8) is 0 Å². The molecule has 7 nitrogen and oxygen atoms in total. The molecule has 0 aromatic carbocycles. The smallest absolute Gasteiger partial charge is 0.475 e. The Labute approximate surface area is 164 Å². The average Bonchev–Trinajstić information content (AvgIpc) is 3.41. The van der Waals surface area contributed by atoms with Gasteiger partial charge in [-0.25, -0.2) is 4.79 Å². The summed E-state index contributed by atoms with van der Waals surface area (Å²) in [5, 5.41) is 7.12. The lowest BCUT2D eigenvalue weighted by Crippen LogP contribution is -2.39. The molecular weight excluding hydrogens is 391 g/mol. The number of carboxylic acids is 1. The normalized spacial score (nSPS) is 21.4. The summed E-state index contributed by atoms with van der Waals surface area (Å²) in [5.74, 6) is -2.66. The number of rotatable bonds is 3. The summed E-state index contributed by atoms with van der Waals surface area (Å²) in [6, 6.07) is 6.64. The minimum Gasteiger partial charge on any atom is -0.475 e. The predicted octanol–water partition coefficient (Wildman–Crippen LogP) is 2.80. The molecule has 0 radical (unpaired) electrons. The lowest BCUT2D eigenvalue weighted by atomic mass is 10.1. The molecule has 2 aliphatic rings. The molecule has 0 unspecified atom stereocenters. The van der Waals surface area contributed by atoms with Gasteiger partial charge in [0, 0.05) is 44.1 Å². The second-order valence-corrected chi connectivity index (χ2v) is 6.86. The topological polar surface area (TPSA) is 86.9 Å². The van der Waals surface area contributed by atoms with Gasteiger partial charge in [-0.15, -0.1) is 0 Å². The van der Waals surface area contributed by atoms with Gasteiger partial charge in [-0.3, -0.25) is 14.7 Å². The Morgan fingerprint density at radius 2 is 1.93 bits per heavy atom. The maximum absolute atomic E-state index is 12.6. The monoisotopic (exact) mass is 411 g/mol. The van der Waals surface area contributed by atoms with Gasteiger partial charge in [0.1, 0.15) is 6.26 Å². The van der Waals surface area contributed by atoms with Gasteiger partial charge >= 0.3 is 12.1 Å². The quantitative estimate of drug-likeness (QED) is 0.836. The first-order chi connectivity index (χ1) is 13.8. The third-order valence-corrected chi connectivity index (χ3v) is 5.07. The zero-order valence-corrected chi connectivity index (χ0v) is 15.4. The van der Waals surface area contributed by atoms with Crippen LogP contribution in [-0.4, -0.2) is 63.1 Å². The number of hydrogen-bond donors (Lipinski definition) is 1. The van der Waals surface area contributed by atoms with E-state index in [-0.39, 0.29) is 5.91 Å². The fraction of sp³-hybridized carbons (Fsp3) is 0.421. The van der Waals surface area contributed by atoms with Gasteiger partial charge in [-0.2, -0.15) is 13.2 Å². The Bertz CT molecular complexity index is 827. The molecule has 2 saturated heterocycles. The van der Waals surface area contributed by atoms with E-state index in [0.717, 1.165) is 32.5 Å². The molecule has 4 heterocycles. The van der Waals surface area contributed by atoms with Crippen molar-refractivity contribution in [3.8, 4) is 0 Å². The molecule has 0 spiro atoms. The van der Waals surface area contributed by atoms with Crippen molar-refractivity contribution in [1.82, 2.24) is 14.8 Å². The maximum Gasteiger partial charge on any atom is 0.490 e. The number of carbonyl (C=O) groups excluding carboxylic acids is 1. The van der Waals surface area contributed by atoms with Crippen LogP contribution in [0.15, 0.2) is 47.5 Å². The van der Waals surface area contributed by atoms with Crippen LogP contribution in [0.25, 0.3) is 0 Å². The summed E-state index contributed by atoms with van der Waals surface area (Å²) in [5.41, 5.74) is 1.90. The highest BCUT2D eigenvalue weighted by atomic mass is 19.4. The van der Waals surface area contributed by atoms with Crippen molar-refractivity contribution < 1.29 is 32.3 Å². The Morgan fingerprint density at radius 3 is 2.52 bits per heavy atom. The van der Waals surface area contributed by atoms with Crippen LogP contribution in [0.4, 0.5) is 13.2 Å². The highest BCUT2D eigenvalue weighted by Crippen LogP contribution is 2.33. The third-order valence-electron chi connectivity index (χ3n) is 5.07. The molecule has 10 heteroatoms. The minimum absolute atomic E-state index is 0.101. The summed E-state index contributed by atoms with van der Waals surface area (Å²) >= 11 is 0. The Morgan fingerprint density at radius 1 is 1.21 bits per heavy atom. The molecule has 0 bridgehead atoms. The van der Waals surface area contributed by atoms with Gasteiger partial charge in [0.25, 0.3) is 5.91 Å². The first-order valence-corrected chi connectivity index (χ1v) is 9.03. The molecule has 29 heavy (non-hydrogen) atoms. The molecule has 1 amide bonds. The third kappa shape index (κ3) is 4.94. The van der Waals surface area contributed by atoms with Gasteiger partial charge in [0.15, 0.2) is 0 Å². The van der Waals surface area contributed by atoms with Gasteiger partial charge in [0.2, 0.25) is 0 Å². The number of likely N-dealkylation sites (tertiary alicyclic amines) is 2. The largest absolute Gasteiger partial charge is 0.490 e. The number of alkyl halides is 3.